The number of hydrogen-bond acceptors (Lipinski definition) is 3. The molecule has 0 spiro atoms. The zero-order valence-corrected chi connectivity index (χ0v) is 17.1. The van der Waals surface area contributed by atoms with Crippen LogP contribution in [0.25, 0.3) is 0 Å². The van der Waals surface area contributed by atoms with Crippen molar-refractivity contribution < 1.29 is 9.59 Å². The molecule has 1 saturated carbocycles. The Bertz CT molecular complexity index is 935. The highest BCUT2D eigenvalue weighted by molar-refractivity contribution is 6.37. The van der Waals surface area contributed by atoms with E-state index < -0.39 is 23.3 Å². The van der Waals surface area contributed by atoms with Gasteiger partial charge in [0.2, 0.25) is 0 Å². The monoisotopic (exact) mass is 420 g/mol. The summed E-state index contributed by atoms with van der Waals surface area (Å²) in [6.45, 7) is 0. The number of Topliss-reactive ketones (excluding diaryl/α,β-unsaturated/α-hetero) is 1. The fourth-order valence-electron chi connectivity index (χ4n) is 3.69. The number of likely N-dealkylation sites (N-methyl/N-ethyl adjacent to an activating group) is 1. The Hall–Kier alpha value is -2.11. The normalized spacial score (nSPS) is 15.8. The molecule has 5 nitrogen and oxygen atoms in total. The number of ketones is 1. The minimum absolute atomic E-state index is 0.0663. The van der Waals surface area contributed by atoms with Crippen molar-refractivity contribution in [2.24, 2.45) is 0 Å². The molecule has 0 aliphatic heterocycles. The van der Waals surface area contributed by atoms with Crippen LogP contribution in [0.5, 0.6) is 0 Å². The van der Waals surface area contributed by atoms with Crippen LogP contribution in [-0.2, 0) is 4.79 Å². The molecule has 1 amide bonds. The predicted octanol–water partition coefficient (Wildman–Crippen LogP) is 4.37. The zero-order chi connectivity index (χ0) is 20.3. The highest BCUT2D eigenvalue weighted by Crippen LogP contribution is 2.28. The smallest absolute Gasteiger partial charge is 0.253 e. The minimum atomic E-state index is -1.31. The van der Waals surface area contributed by atoms with Crippen molar-refractivity contribution in [3.8, 4) is 0 Å². The van der Waals surface area contributed by atoms with E-state index in [0.29, 0.717) is 5.02 Å². The van der Waals surface area contributed by atoms with E-state index in [1.165, 1.54) is 29.0 Å². The SMILES string of the molecule is CN(C(=O)[C@H](C(=O)c1ccc(Cl)cc1Cl)n1ccccc1=O)C1CCCCC1. The van der Waals surface area contributed by atoms with E-state index in [1.54, 1.807) is 30.1 Å². The van der Waals surface area contributed by atoms with Crippen molar-refractivity contribution >= 4 is 34.9 Å². The number of amides is 1. The van der Waals surface area contributed by atoms with E-state index in [4.69, 9.17) is 23.2 Å². The van der Waals surface area contributed by atoms with E-state index in [9.17, 15) is 14.4 Å². The second-order valence-corrected chi connectivity index (χ2v) is 7.92. The highest BCUT2D eigenvalue weighted by Gasteiger charge is 2.35. The van der Waals surface area contributed by atoms with Gasteiger partial charge in [-0.15, -0.1) is 0 Å². The predicted molar refractivity (Wildman–Crippen MR) is 110 cm³/mol. The molecule has 0 bridgehead atoms. The third kappa shape index (κ3) is 4.31. The maximum atomic E-state index is 13.4. The molecule has 0 unspecified atom stereocenters. The molecule has 0 N–H and O–H groups in total. The summed E-state index contributed by atoms with van der Waals surface area (Å²) < 4.78 is 1.18. The van der Waals surface area contributed by atoms with Crippen LogP contribution in [0.1, 0.15) is 48.5 Å². The van der Waals surface area contributed by atoms with Crippen LogP contribution < -0.4 is 5.56 Å². The minimum Gasteiger partial charge on any atom is -0.341 e. The number of carbonyl (C=O) groups is 2. The van der Waals surface area contributed by atoms with Gasteiger partial charge in [-0.3, -0.25) is 19.0 Å². The molecule has 1 aromatic carbocycles. The zero-order valence-electron chi connectivity index (χ0n) is 15.6. The molecule has 7 heteroatoms. The fraction of sp³-hybridized carbons (Fsp3) is 0.381. The first-order valence-corrected chi connectivity index (χ1v) is 10.1. The summed E-state index contributed by atoms with van der Waals surface area (Å²) in [6, 6.07) is 7.77. The van der Waals surface area contributed by atoms with Gasteiger partial charge < -0.3 is 4.90 Å². The first-order valence-electron chi connectivity index (χ1n) is 9.33. The lowest BCUT2D eigenvalue weighted by molar-refractivity contribution is -0.134. The lowest BCUT2D eigenvalue weighted by Crippen LogP contribution is -2.46. The Kier molecular flexibility index (Phi) is 6.57. The van der Waals surface area contributed by atoms with Crippen LogP contribution in [0.15, 0.2) is 47.4 Å². The molecular formula is C21H22Cl2N2O3. The number of hydrogen-bond donors (Lipinski definition) is 0. The molecule has 148 valence electrons. The second-order valence-electron chi connectivity index (χ2n) is 7.08. The summed E-state index contributed by atoms with van der Waals surface area (Å²) in [7, 11) is 1.70. The molecule has 1 atom stereocenters. The Morgan fingerprint density at radius 2 is 1.82 bits per heavy atom. The lowest BCUT2D eigenvalue weighted by atomic mass is 9.93. The van der Waals surface area contributed by atoms with Gasteiger partial charge in [-0.05, 0) is 37.1 Å². The number of carbonyl (C=O) groups excluding carboxylic acids is 2. The summed E-state index contributed by atoms with van der Waals surface area (Å²) in [5.41, 5.74) is -0.256. The average Bonchev–Trinajstić information content (AvgIpc) is 2.69. The van der Waals surface area contributed by atoms with Crippen LogP contribution >= 0.6 is 23.2 Å². The Morgan fingerprint density at radius 3 is 2.46 bits per heavy atom. The van der Waals surface area contributed by atoms with Crippen molar-refractivity contribution in [1.82, 2.24) is 9.47 Å². The number of halogens is 2. The van der Waals surface area contributed by atoms with Crippen LogP contribution in [-0.4, -0.2) is 34.2 Å². The van der Waals surface area contributed by atoms with E-state index in [0.717, 1.165) is 32.1 Å². The third-order valence-electron chi connectivity index (χ3n) is 5.28. The number of aromatic nitrogens is 1. The topological polar surface area (TPSA) is 59.4 Å². The summed E-state index contributed by atoms with van der Waals surface area (Å²) >= 11 is 12.1. The van der Waals surface area contributed by atoms with Gasteiger partial charge in [-0.25, -0.2) is 0 Å². The van der Waals surface area contributed by atoms with E-state index in [2.05, 4.69) is 0 Å². The second kappa shape index (κ2) is 8.93. The van der Waals surface area contributed by atoms with Gasteiger partial charge in [0.25, 0.3) is 11.5 Å². The molecule has 1 aromatic heterocycles. The molecule has 3 rings (SSSR count). The Labute approximate surface area is 173 Å². The molecule has 28 heavy (non-hydrogen) atoms. The van der Waals surface area contributed by atoms with Gasteiger partial charge in [0.15, 0.2) is 11.8 Å². The van der Waals surface area contributed by atoms with Crippen molar-refractivity contribution in [2.45, 2.75) is 44.2 Å². The van der Waals surface area contributed by atoms with E-state index in [1.807, 2.05) is 0 Å². The van der Waals surface area contributed by atoms with Gasteiger partial charge >= 0.3 is 0 Å². The summed E-state index contributed by atoms with van der Waals surface area (Å²) in [5, 5.41) is 0.542. The van der Waals surface area contributed by atoms with Gasteiger partial charge in [-0.1, -0.05) is 48.5 Å². The maximum Gasteiger partial charge on any atom is 0.253 e. The first-order chi connectivity index (χ1) is 13.4. The summed E-state index contributed by atoms with van der Waals surface area (Å²) in [5.74, 6) is -0.932. The largest absolute Gasteiger partial charge is 0.341 e. The van der Waals surface area contributed by atoms with Crippen molar-refractivity contribution in [1.29, 1.82) is 0 Å². The van der Waals surface area contributed by atoms with Crippen LogP contribution in [0, 0.1) is 0 Å². The molecule has 0 radical (unpaired) electrons. The Balaban J connectivity index is 2.02. The van der Waals surface area contributed by atoms with Crippen molar-refractivity contribution in [3.63, 3.8) is 0 Å². The molecule has 1 aliphatic carbocycles. The summed E-state index contributed by atoms with van der Waals surface area (Å²) in [4.78, 5) is 40.7. The number of nitrogens with zero attached hydrogens (tertiary/aromatic N) is 2. The number of benzene rings is 1. The maximum absolute atomic E-state index is 13.4. The highest BCUT2D eigenvalue weighted by atomic mass is 35.5. The first kappa shape index (κ1) is 20.6. The molecule has 1 heterocycles. The molecule has 1 aliphatic rings. The van der Waals surface area contributed by atoms with Gasteiger partial charge in [-0.2, -0.15) is 0 Å². The molecule has 0 saturated heterocycles. The number of rotatable bonds is 5. The van der Waals surface area contributed by atoms with Gasteiger partial charge in [0.05, 0.1) is 5.02 Å². The third-order valence-corrected chi connectivity index (χ3v) is 5.83. The van der Waals surface area contributed by atoms with Crippen molar-refractivity contribution in [3.05, 3.63) is 68.6 Å². The number of pyridine rings is 1. The van der Waals surface area contributed by atoms with Crippen LogP contribution in [0.2, 0.25) is 10.0 Å². The van der Waals surface area contributed by atoms with Gasteiger partial charge in [0.1, 0.15) is 0 Å². The molecule has 2 aromatic rings. The van der Waals surface area contributed by atoms with Crippen LogP contribution in [0.3, 0.4) is 0 Å². The molecular weight excluding hydrogens is 399 g/mol. The van der Waals surface area contributed by atoms with E-state index >= 15 is 0 Å². The van der Waals surface area contributed by atoms with Gasteiger partial charge in [0, 0.05) is 35.9 Å². The quantitative estimate of drug-likeness (QED) is 0.532. The summed E-state index contributed by atoms with van der Waals surface area (Å²) in [6.07, 6.45) is 6.51. The van der Waals surface area contributed by atoms with Crippen LogP contribution in [0.4, 0.5) is 0 Å². The average molecular weight is 421 g/mol. The Morgan fingerprint density at radius 1 is 1.11 bits per heavy atom. The van der Waals surface area contributed by atoms with Crippen molar-refractivity contribution in [2.75, 3.05) is 7.05 Å². The molecule has 1 fully saturated rings. The lowest BCUT2D eigenvalue weighted by Gasteiger charge is -2.33. The van der Waals surface area contributed by atoms with E-state index in [-0.39, 0.29) is 16.6 Å². The fourth-order valence-corrected chi connectivity index (χ4v) is 4.19. The standard InChI is InChI=1S/C21H22Cl2N2O3/c1-24(15-7-3-2-4-8-15)21(28)19(25-12-6-5-9-18(25)26)20(27)16-11-10-14(22)13-17(16)23/h5-6,9-13,15,19H,2-4,7-8H2,1H3/t19-/m0/s1.